The van der Waals surface area contributed by atoms with Crippen molar-refractivity contribution < 1.29 is 38.5 Å². The largest absolute Gasteiger partial charge is 0.490 e. The number of carbonyl (C=O) groups excluding carboxylic acids is 2. The molecule has 0 aliphatic carbocycles. The Labute approximate surface area is 383 Å². The highest BCUT2D eigenvalue weighted by atomic mass is 32.1. The molecule has 1 aromatic heterocycles. The van der Waals surface area contributed by atoms with E-state index in [4.69, 9.17) is 24.0 Å². The van der Waals surface area contributed by atoms with Crippen molar-refractivity contribution in [1.82, 2.24) is 20.5 Å². The third-order valence-corrected chi connectivity index (χ3v) is 10.6. The number of rotatable bonds is 16. The number of fused-ring (bicyclic) bond motifs is 1. The maximum Gasteiger partial charge on any atom is 0.414 e. The van der Waals surface area contributed by atoms with E-state index in [2.05, 4.69) is 62.5 Å². The number of benzene rings is 4. The molecule has 1 aliphatic heterocycles. The Morgan fingerprint density at radius 1 is 0.785 bits per heavy atom. The quantitative estimate of drug-likeness (QED) is 0.0244. The Kier molecular flexibility index (Phi) is 15.8. The van der Waals surface area contributed by atoms with Crippen molar-refractivity contribution in [2.75, 3.05) is 38.2 Å². The van der Waals surface area contributed by atoms with Crippen molar-refractivity contribution in [3.8, 4) is 5.75 Å². The molecule has 0 spiro atoms. The van der Waals surface area contributed by atoms with Crippen molar-refractivity contribution in [1.29, 1.82) is 0 Å². The molecule has 6 rings (SSSR count). The molecular weight excluding hydrogens is 847 g/mol. The van der Waals surface area contributed by atoms with Crippen LogP contribution in [0.25, 0.3) is 0 Å². The zero-order valence-electron chi connectivity index (χ0n) is 37.6. The summed E-state index contributed by atoms with van der Waals surface area (Å²) < 4.78 is 16.8. The fourth-order valence-corrected chi connectivity index (χ4v) is 7.82. The first-order valence-electron chi connectivity index (χ1n) is 21.4. The highest BCUT2D eigenvalue weighted by Gasteiger charge is 2.37. The molecule has 1 aliphatic rings. The number of carboxylic acids is 1. The Morgan fingerprint density at radius 2 is 1.38 bits per heavy atom. The molecular formula is C49H57N7O8S. The number of guanidine groups is 1. The number of aliphatic imine (C=N–C) groups is 1. The van der Waals surface area contributed by atoms with Gasteiger partial charge < -0.3 is 39.7 Å². The molecule has 16 heteroatoms. The number of hydrogen-bond acceptors (Lipinski definition) is 12. The van der Waals surface area contributed by atoms with Crippen molar-refractivity contribution in [3.63, 3.8) is 0 Å². The average molecular weight is 904 g/mol. The predicted molar refractivity (Wildman–Crippen MR) is 252 cm³/mol. The molecule has 0 saturated carbocycles. The van der Waals surface area contributed by atoms with Crippen LogP contribution in [0.4, 0.5) is 14.7 Å². The second-order valence-electron chi connectivity index (χ2n) is 17.2. The molecule has 0 saturated heterocycles. The first kappa shape index (κ1) is 47.5. The lowest BCUT2D eigenvalue weighted by atomic mass is 9.77. The molecule has 0 radical (unpaired) electrons. The average Bonchev–Trinajstić information content (AvgIpc) is 3.73. The van der Waals surface area contributed by atoms with E-state index in [0.29, 0.717) is 55.9 Å². The molecule has 4 aromatic carbocycles. The summed E-state index contributed by atoms with van der Waals surface area (Å²) in [5, 5.41) is 25.5. The number of anilines is 1. The van der Waals surface area contributed by atoms with Crippen LogP contribution in [-0.4, -0.2) is 88.9 Å². The Morgan fingerprint density at radius 3 is 1.97 bits per heavy atom. The molecule has 2 heterocycles. The molecule has 0 unspecified atom stereocenters. The number of carboxylic acid groups (broad SMARTS) is 1. The Hall–Kier alpha value is -6.94. The van der Waals surface area contributed by atoms with Gasteiger partial charge >= 0.3 is 18.2 Å². The number of nitrogens with zero attached hydrogens (tertiary/aromatic N) is 4. The summed E-state index contributed by atoms with van der Waals surface area (Å²) >= 11 is 1.27. The number of hydrogen-bond donors (Lipinski definition) is 4. The van der Waals surface area contributed by atoms with Gasteiger partial charge in [0, 0.05) is 31.6 Å². The summed E-state index contributed by atoms with van der Waals surface area (Å²) in [6.07, 6.45) is 0.0699. The molecule has 342 valence electrons. The van der Waals surface area contributed by atoms with Crippen LogP contribution in [0.3, 0.4) is 0 Å². The second kappa shape index (κ2) is 21.6. The van der Waals surface area contributed by atoms with Gasteiger partial charge in [-0.05, 0) is 94.3 Å². The summed E-state index contributed by atoms with van der Waals surface area (Å²) in [4.78, 5) is 54.1. The number of thiazole rings is 1. The minimum atomic E-state index is -1.28. The summed E-state index contributed by atoms with van der Waals surface area (Å²) in [6, 6.07) is 35.9. The summed E-state index contributed by atoms with van der Waals surface area (Å²) in [5.41, 5.74) is 2.75. The Balaban J connectivity index is 1.07. The number of alkyl carbamates (subject to hydrolysis) is 2. The number of ether oxygens (including phenoxy) is 3. The highest BCUT2D eigenvalue weighted by Crippen LogP contribution is 2.40. The van der Waals surface area contributed by atoms with Gasteiger partial charge in [0.15, 0.2) is 11.7 Å². The van der Waals surface area contributed by atoms with Crippen LogP contribution >= 0.6 is 11.3 Å². The first-order valence-corrected chi connectivity index (χ1v) is 22.3. The van der Waals surface area contributed by atoms with Crippen LogP contribution in [0.15, 0.2) is 125 Å². The van der Waals surface area contributed by atoms with Crippen molar-refractivity contribution in [2.45, 2.75) is 77.7 Å². The van der Waals surface area contributed by atoms with E-state index >= 15 is 0 Å². The van der Waals surface area contributed by atoms with Gasteiger partial charge in [-0.15, -0.1) is 11.3 Å². The van der Waals surface area contributed by atoms with Crippen LogP contribution in [-0.2, 0) is 37.6 Å². The number of carbonyl (C=O) groups is 3. The topological polar surface area (TPSA) is 185 Å². The minimum Gasteiger partial charge on any atom is -0.490 e. The van der Waals surface area contributed by atoms with Crippen LogP contribution in [0, 0.1) is 0 Å². The molecule has 2 amide bonds. The molecule has 15 nitrogen and oxygen atoms in total. The number of oxime groups is 1. The van der Waals surface area contributed by atoms with E-state index in [9.17, 15) is 19.5 Å². The van der Waals surface area contributed by atoms with Gasteiger partial charge in [0.25, 0.3) is 0 Å². The normalized spacial score (nSPS) is 13.3. The van der Waals surface area contributed by atoms with Gasteiger partial charge in [-0.25, -0.2) is 19.4 Å². The van der Waals surface area contributed by atoms with Gasteiger partial charge in [0.05, 0.1) is 0 Å². The molecule has 65 heavy (non-hydrogen) atoms. The second-order valence-corrected chi connectivity index (χ2v) is 18.0. The van der Waals surface area contributed by atoms with Crippen LogP contribution < -0.4 is 20.7 Å². The fraction of sp³-hybridized carbons (Fsp3) is 0.347. The number of nitrogens with one attached hydrogen (secondary N) is 3. The maximum absolute atomic E-state index is 12.8. The standard InChI is InChI=1S/C49H57N7O8S/c1-47(2,3)63-45(59)51-27-16-26-50-43(53-46(60)64-48(4,5)6)56-28-25-34-31-39(24-23-35(34)32-56)61-29-30-62-55-41(42(57)58)40-33-65-44(52-40)54-49(36-17-10-7-11-18-36,37-19-12-8-13-20-37)38-21-14-9-15-22-38/h7-15,17-24,31,33H,16,25-30,32H2,1-6H3,(H,51,59)(H,52,54)(H,57,58)(H,50,53,60)/b55-41-. The third-order valence-electron chi connectivity index (χ3n) is 9.83. The van der Waals surface area contributed by atoms with Gasteiger partial charge in [-0.3, -0.25) is 10.3 Å². The summed E-state index contributed by atoms with van der Waals surface area (Å²) in [5.74, 6) is -0.280. The lowest BCUT2D eigenvalue weighted by Gasteiger charge is -2.36. The van der Waals surface area contributed by atoms with Crippen molar-refractivity contribution in [3.05, 3.63) is 148 Å². The van der Waals surface area contributed by atoms with Gasteiger partial charge in [-0.2, -0.15) is 0 Å². The lowest BCUT2D eigenvalue weighted by molar-refractivity contribution is -0.129. The van der Waals surface area contributed by atoms with E-state index < -0.39 is 34.9 Å². The predicted octanol–water partition coefficient (Wildman–Crippen LogP) is 8.59. The smallest absolute Gasteiger partial charge is 0.414 e. The fourth-order valence-electron chi connectivity index (χ4n) is 7.07. The summed E-state index contributed by atoms with van der Waals surface area (Å²) in [6.45, 7) is 12.6. The SMILES string of the molecule is CC(C)(C)OC(=O)NCCCN=C(NC(=O)OC(C)(C)C)N1CCc2cc(OCCO/N=C(\C(=O)O)c3csc(NC(c4ccccc4)(c4ccccc4)c4ccccc4)n3)ccc2C1. The van der Waals surface area contributed by atoms with Crippen LogP contribution in [0.5, 0.6) is 5.75 Å². The van der Waals surface area contributed by atoms with Crippen molar-refractivity contribution in [2.24, 2.45) is 10.1 Å². The van der Waals surface area contributed by atoms with Gasteiger partial charge in [0.2, 0.25) is 11.7 Å². The molecule has 5 aromatic rings. The van der Waals surface area contributed by atoms with Gasteiger partial charge in [0.1, 0.15) is 34.8 Å². The van der Waals surface area contributed by atoms with Crippen molar-refractivity contribution >= 4 is 46.3 Å². The molecule has 0 fully saturated rings. The van der Waals surface area contributed by atoms with E-state index in [1.165, 1.54) is 11.3 Å². The van der Waals surface area contributed by atoms with E-state index in [1.807, 2.05) is 77.7 Å². The molecule has 4 N–H and O–H groups in total. The van der Waals surface area contributed by atoms with E-state index in [-0.39, 0.29) is 24.6 Å². The molecule has 0 bridgehead atoms. The van der Waals surface area contributed by atoms with E-state index in [1.54, 1.807) is 46.9 Å². The maximum atomic E-state index is 12.8. The first-order chi connectivity index (χ1) is 31.1. The van der Waals surface area contributed by atoms with Crippen LogP contribution in [0.2, 0.25) is 0 Å². The minimum absolute atomic E-state index is 0.0144. The van der Waals surface area contributed by atoms with E-state index in [0.717, 1.165) is 27.8 Å². The number of aliphatic carboxylic acids is 1. The summed E-state index contributed by atoms with van der Waals surface area (Å²) in [7, 11) is 0. The number of amides is 2. The molecule has 0 atom stereocenters. The monoisotopic (exact) mass is 903 g/mol. The van der Waals surface area contributed by atoms with Gasteiger partial charge in [-0.1, -0.05) is 102 Å². The Bertz CT molecular complexity index is 2330. The zero-order chi connectivity index (χ0) is 46.5. The third kappa shape index (κ3) is 13.5. The lowest BCUT2D eigenvalue weighted by Crippen LogP contribution is -2.47. The van der Waals surface area contributed by atoms with Crippen LogP contribution in [0.1, 0.15) is 81.5 Å². The highest BCUT2D eigenvalue weighted by molar-refractivity contribution is 7.14. The zero-order valence-corrected chi connectivity index (χ0v) is 38.4. The number of aromatic nitrogens is 1.